The van der Waals surface area contributed by atoms with Gasteiger partial charge in [-0.1, -0.05) is 82.7 Å². The van der Waals surface area contributed by atoms with Crippen LogP contribution in [0.3, 0.4) is 0 Å². The highest BCUT2D eigenvalue weighted by molar-refractivity contribution is 7.98. The lowest BCUT2D eigenvalue weighted by molar-refractivity contribution is 0.277. The average molecular weight is 599 g/mol. The Labute approximate surface area is 244 Å². The van der Waals surface area contributed by atoms with E-state index in [1.165, 1.54) is 23.1 Å². The molecule has 0 bridgehead atoms. The summed E-state index contributed by atoms with van der Waals surface area (Å²) in [6.07, 6.45) is 0.549. The molecule has 7 nitrogen and oxygen atoms in total. The molecule has 2 heterocycles. The van der Waals surface area contributed by atoms with E-state index in [9.17, 15) is 5.11 Å². The molecule has 0 aliphatic heterocycles. The minimum Gasteiger partial charge on any atom is -0.457 e. The number of halogens is 2. The Hall–Kier alpha value is -3.08. The molecular weight excluding hydrogens is 573 g/mol. The van der Waals surface area contributed by atoms with Crippen LogP contribution in [0.15, 0.2) is 78.0 Å². The molecule has 5 aromatic rings. The number of nitrogens with zero attached hydrogens (tertiary/aromatic N) is 3. The van der Waals surface area contributed by atoms with Crippen LogP contribution in [0.4, 0.5) is 10.9 Å². The van der Waals surface area contributed by atoms with E-state index in [0.29, 0.717) is 50.5 Å². The van der Waals surface area contributed by atoms with Gasteiger partial charge < -0.3 is 20.9 Å². The van der Waals surface area contributed by atoms with Gasteiger partial charge in [0.25, 0.3) is 0 Å². The van der Waals surface area contributed by atoms with Gasteiger partial charge in [-0.05, 0) is 53.9 Å². The van der Waals surface area contributed by atoms with Gasteiger partial charge in [-0.15, -0.1) is 0 Å². The number of aromatic nitrogens is 3. The van der Waals surface area contributed by atoms with Gasteiger partial charge in [0, 0.05) is 24.8 Å². The summed E-state index contributed by atoms with van der Waals surface area (Å²) in [5.74, 6) is 2.84. The van der Waals surface area contributed by atoms with Crippen LogP contribution in [0.2, 0.25) is 10.0 Å². The van der Waals surface area contributed by atoms with E-state index in [0.717, 1.165) is 27.3 Å². The molecule has 0 fully saturated rings. The zero-order valence-electron chi connectivity index (χ0n) is 20.7. The molecule has 1 unspecified atom stereocenters. The summed E-state index contributed by atoms with van der Waals surface area (Å²) >= 11 is 15.2. The molecule has 0 aliphatic rings. The maximum atomic E-state index is 9.67. The summed E-state index contributed by atoms with van der Waals surface area (Å²) in [5.41, 5.74) is 8.61. The first-order valence-corrected chi connectivity index (χ1v) is 14.7. The first-order valence-electron chi connectivity index (χ1n) is 12.2. The van der Waals surface area contributed by atoms with Crippen molar-refractivity contribution in [2.24, 2.45) is 0 Å². The minimum absolute atomic E-state index is 0.0106. The van der Waals surface area contributed by atoms with Crippen molar-refractivity contribution in [2.75, 3.05) is 24.2 Å². The molecule has 200 valence electrons. The number of aliphatic hydroxyl groups excluding tert-OH is 1. The molecule has 0 amide bonds. The van der Waals surface area contributed by atoms with Gasteiger partial charge in [-0.3, -0.25) is 0 Å². The minimum atomic E-state index is -0.0106. The number of benzene rings is 3. The second-order valence-corrected chi connectivity index (χ2v) is 11.5. The zero-order chi connectivity index (χ0) is 27.2. The van der Waals surface area contributed by atoms with Gasteiger partial charge in [-0.2, -0.15) is 0 Å². The van der Waals surface area contributed by atoms with Crippen LogP contribution in [0.1, 0.15) is 23.5 Å². The van der Waals surface area contributed by atoms with Gasteiger partial charge in [0.1, 0.15) is 16.2 Å². The molecule has 0 saturated heterocycles. The van der Waals surface area contributed by atoms with Crippen LogP contribution in [-0.4, -0.2) is 33.2 Å². The van der Waals surface area contributed by atoms with Crippen molar-refractivity contribution < 1.29 is 9.84 Å². The van der Waals surface area contributed by atoms with Crippen molar-refractivity contribution in [1.29, 1.82) is 0 Å². The third-order valence-corrected chi connectivity index (χ3v) is 8.44. The number of hydrogen-bond donors (Lipinski definition) is 3. The average Bonchev–Trinajstić information content (AvgIpc) is 3.32. The lowest BCUT2D eigenvalue weighted by Crippen LogP contribution is -2.15. The van der Waals surface area contributed by atoms with Crippen LogP contribution in [-0.2, 0) is 5.75 Å². The predicted octanol–water partition coefficient (Wildman–Crippen LogP) is 7.64. The molecule has 1 atom stereocenters. The van der Waals surface area contributed by atoms with E-state index in [2.05, 4.69) is 15.3 Å². The van der Waals surface area contributed by atoms with Gasteiger partial charge >= 0.3 is 0 Å². The SMILES string of the molecule is Nc1nc2nc(SCc3cccc(Oc4ccccc4)c3)nc(NCC(CCO)c3ccc(Cl)c(Cl)c3)c2s1. The highest BCUT2D eigenvalue weighted by atomic mass is 35.5. The zero-order valence-corrected chi connectivity index (χ0v) is 23.8. The largest absolute Gasteiger partial charge is 0.457 e. The molecule has 0 spiro atoms. The van der Waals surface area contributed by atoms with Crippen LogP contribution >= 0.6 is 46.3 Å². The van der Waals surface area contributed by atoms with Crippen molar-refractivity contribution in [2.45, 2.75) is 23.2 Å². The quantitative estimate of drug-likeness (QED) is 0.105. The van der Waals surface area contributed by atoms with Gasteiger partial charge in [0.05, 0.1) is 10.0 Å². The Morgan fingerprint density at radius 3 is 2.56 bits per heavy atom. The van der Waals surface area contributed by atoms with Crippen molar-refractivity contribution >= 4 is 67.6 Å². The lowest BCUT2D eigenvalue weighted by Gasteiger charge is -2.18. The summed E-state index contributed by atoms with van der Waals surface area (Å²) in [4.78, 5) is 13.8. The normalized spacial score (nSPS) is 12.0. The number of ether oxygens (including phenoxy) is 1. The number of fused-ring (bicyclic) bond motifs is 1. The fourth-order valence-electron chi connectivity index (χ4n) is 4.00. The second-order valence-electron chi connectivity index (χ2n) is 8.67. The van der Waals surface area contributed by atoms with Crippen molar-refractivity contribution in [3.05, 3.63) is 94.0 Å². The summed E-state index contributed by atoms with van der Waals surface area (Å²) in [6.45, 7) is 0.554. The number of anilines is 2. The van der Waals surface area contributed by atoms with Gasteiger partial charge in [-0.25, -0.2) is 15.0 Å². The van der Waals surface area contributed by atoms with E-state index in [4.69, 9.17) is 38.7 Å². The Morgan fingerprint density at radius 2 is 1.77 bits per heavy atom. The van der Waals surface area contributed by atoms with Crippen molar-refractivity contribution in [1.82, 2.24) is 15.0 Å². The van der Waals surface area contributed by atoms with E-state index in [-0.39, 0.29) is 12.5 Å². The Balaban J connectivity index is 1.32. The number of nitrogens with one attached hydrogen (secondary N) is 1. The number of nitrogens with two attached hydrogens (primary N) is 1. The third kappa shape index (κ3) is 7.12. The summed E-state index contributed by atoms with van der Waals surface area (Å²) in [7, 11) is 0. The highest BCUT2D eigenvalue weighted by Crippen LogP contribution is 2.34. The molecule has 5 rings (SSSR count). The molecule has 3 aromatic carbocycles. The summed E-state index contributed by atoms with van der Waals surface area (Å²) in [6, 6.07) is 23.2. The number of aliphatic hydroxyl groups is 1. The molecule has 0 aliphatic carbocycles. The monoisotopic (exact) mass is 597 g/mol. The highest BCUT2D eigenvalue weighted by Gasteiger charge is 2.17. The molecule has 0 radical (unpaired) electrons. The summed E-state index contributed by atoms with van der Waals surface area (Å²) < 4.78 is 6.75. The smallest absolute Gasteiger partial charge is 0.191 e. The van der Waals surface area contributed by atoms with E-state index in [1.54, 1.807) is 6.07 Å². The van der Waals surface area contributed by atoms with Gasteiger partial charge in [0.2, 0.25) is 0 Å². The summed E-state index contributed by atoms with van der Waals surface area (Å²) in [5, 5.41) is 15.1. The third-order valence-electron chi connectivity index (χ3n) is 5.90. The number of rotatable bonds is 11. The Bertz CT molecular complexity index is 1570. The van der Waals surface area contributed by atoms with Crippen LogP contribution in [0, 0.1) is 0 Å². The molecule has 39 heavy (non-hydrogen) atoms. The topological polar surface area (TPSA) is 106 Å². The van der Waals surface area contributed by atoms with Crippen LogP contribution in [0.25, 0.3) is 10.3 Å². The maximum absolute atomic E-state index is 9.67. The lowest BCUT2D eigenvalue weighted by atomic mass is 9.96. The number of nitrogen functional groups attached to an aromatic ring is 1. The maximum Gasteiger partial charge on any atom is 0.191 e. The fourth-order valence-corrected chi connectivity index (χ4v) is 5.83. The van der Waals surface area contributed by atoms with Gasteiger partial charge in [0.15, 0.2) is 21.8 Å². The molecule has 2 aromatic heterocycles. The number of para-hydroxylation sites is 1. The predicted molar refractivity (Wildman–Crippen MR) is 162 cm³/mol. The molecule has 4 N–H and O–H groups in total. The van der Waals surface area contributed by atoms with Crippen molar-refractivity contribution in [3.63, 3.8) is 0 Å². The number of thiazole rings is 1. The van der Waals surface area contributed by atoms with Crippen LogP contribution < -0.4 is 15.8 Å². The fraction of sp³-hybridized carbons (Fsp3) is 0.179. The van der Waals surface area contributed by atoms with E-state index >= 15 is 0 Å². The molecular formula is C28H25Cl2N5O2S2. The Morgan fingerprint density at radius 1 is 0.949 bits per heavy atom. The molecule has 11 heteroatoms. The van der Waals surface area contributed by atoms with E-state index < -0.39 is 0 Å². The standard InChI is InChI=1S/C28H25Cl2N5O2S2/c29-22-10-9-18(14-23(22)30)19(11-12-36)15-32-25-24-26(33-27(31)39-24)35-28(34-25)38-16-17-5-4-8-21(13-17)37-20-6-2-1-3-7-20/h1-10,13-14,19,36H,11-12,15-16H2,(H3,31,32,33,34,35). The van der Waals surface area contributed by atoms with Crippen molar-refractivity contribution in [3.8, 4) is 11.5 Å². The molecule has 0 saturated carbocycles. The van der Waals surface area contributed by atoms with Crippen LogP contribution in [0.5, 0.6) is 11.5 Å². The number of thioether (sulfide) groups is 1. The first kappa shape index (κ1) is 27.5. The second kappa shape index (κ2) is 12.8. The van der Waals surface area contributed by atoms with E-state index in [1.807, 2.05) is 66.7 Å². The number of hydrogen-bond acceptors (Lipinski definition) is 9. The Kier molecular flexibility index (Phi) is 9.06. The first-order chi connectivity index (χ1) is 19.0.